The third-order valence-corrected chi connectivity index (χ3v) is 7.10. The predicted molar refractivity (Wildman–Crippen MR) is 125 cm³/mol. The van der Waals surface area contributed by atoms with Crippen molar-refractivity contribution in [3.05, 3.63) is 63.0 Å². The van der Waals surface area contributed by atoms with Gasteiger partial charge in [-0.25, -0.2) is 4.98 Å². The molecule has 2 aliphatic heterocycles. The number of amides is 1. The fourth-order valence-corrected chi connectivity index (χ4v) is 5.19. The Hall–Kier alpha value is -2.93. The molecule has 0 saturated carbocycles. The van der Waals surface area contributed by atoms with Crippen molar-refractivity contribution in [3.63, 3.8) is 0 Å². The molecule has 2 aliphatic rings. The van der Waals surface area contributed by atoms with Gasteiger partial charge in [0.05, 0.1) is 11.7 Å². The number of hydrogen-bond acceptors (Lipinski definition) is 4. The summed E-state index contributed by atoms with van der Waals surface area (Å²) in [5.74, 6) is 0.618. The van der Waals surface area contributed by atoms with Gasteiger partial charge in [0, 0.05) is 49.2 Å². The van der Waals surface area contributed by atoms with Gasteiger partial charge in [0.1, 0.15) is 11.5 Å². The van der Waals surface area contributed by atoms with E-state index in [4.69, 9.17) is 4.98 Å². The van der Waals surface area contributed by atoms with Gasteiger partial charge < -0.3 is 14.5 Å². The summed E-state index contributed by atoms with van der Waals surface area (Å²) in [5.41, 5.74) is 4.50. The lowest BCUT2D eigenvalue weighted by atomic mass is 10.0. The number of carbonyl (C=O) groups is 1. The lowest BCUT2D eigenvalue weighted by Gasteiger charge is -2.31. The number of nitrogens with one attached hydrogen (secondary N) is 1. The molecule has 4 heterocycles. The van der Waals surface area contributed by atoms with Gasteiger partial charge in [-0.3, -0.25) is 14.5 Å². The molecule has 0 spiro atoms. The van der Waals surface area contributed by atoms with Gasteiger partial charge in [0.15, 0.2) is 0 Å². The first-order chi connectivity index (χ1) is 15.3. The number of H-pyrrole nitrogens is 1. The number of aryl methyl sites for hydroxylation is 2. The third kappa shape index (κ3) is 3.45. The van der Waals surface area contributed by atoms with Gasteiger partial charge in [0.25, 0.3) is 11.5 Å². The van der Waals surface area contributed by atoms with E-state index in [1.807, 2.05) is 22.6 Å². The van der Waals surface area contributed by atoms with Crippen molar-refractivity contribution in [2.75, 3.05) is 13.1 Å². The van der Waals surface area contributed by atoms with E-state index in [-0.39, 0.29) is 17.5 Å². The van der Waals surface area contributed by atoms with Crippen molar-refractivity contribution in [2.24, 2.45) is 7.05 Å². The molecular weight excluding hydrogens is 402 g/mol. The fraction of sp³-hybridized carbons (Fsp3) is 0.480. The van der Waals surface area contributed by atoms with Crippen molar-refractivity contribution >= 4 is 16.8 Å². The highest BCUT2D eigenvalue weighted by Crippen LogP contribution is 2.33. The van der Waals surface area contributed by atoms with E-state index < -0.39 is 0 Å². The van der Waals surface area contributed by atoms with Gasteiger partial charge in [-0.05, 0) is 58.2 Å². The van der Waals surface area contributed by atoms with Crippen LogP contribution in [0.25, 0.3) is 10.9 Å². The van der Waals surface area contributed by atoms with Crippen molar-refractivity contribution in [1.29, 1.82) is 0 Å². The maximum absolute atomic E-state index is 13.6. The molecule has 3 aromatic rings. The molecule has 1 fully saturated rings. The van der Waals surface area contributed by atoms with E-state index >= 15 is 0 Å². The Labute approximate surface area is 188 Å². The van der Waals surface area contributed by atoms with E-state index in [2.05, 4.69) is 48.9 Å². The number of likely N-dealkylation sites (tertiary alicyclic amines) is 1. The summed E-state index contributed by atoms with van der Waals surface area (Å²) in [5, 5.41) is 1.07. The fourth-order valence-electron chi connectivity index (χ4n) is 5.19. The minimum absolute atomic E-state index is 0.00645. The molecule has 1 amide bonds. The predicted octanol–water partition coefficient (Wildman–Crippen LogP) is 3.31. The zero-order chi connectivity index (χ0) is 22.6. The monoisotopic (exact) mass is 433 g/mol. The van der Waals surface area contributed by atoms with Crippen LogP contribution in [0.1, 0.15) is 65.9 Å². The summed E-state index contributed by atoms with van der Waals surface area (Å²) in [4.78, 5) is 38.6. The van der Waals surface area contributed by atoms with Crippen molar-refractivity contribution in [2.45, 2.75) is 58.7 Å². The second-order valence-corrected chi connectivity index (χ2v) is 9.50. The van der Waals surface area contributed by atoms with Gasteiger partial charge >= 0.3 is 0 Å². The number of benzene rings is 1. The Morgan fingerprint density at radius 1 is 1.22 bits per heavy atom. The maximum atomic E-state index is 13.6. The van der Waals surface area contributed by atoms with E-state index in [1.165, 1.54) is 5.56 Å². The zero-order valence-corrected chi connectivity index (χ0v) is 19.3. The highest BCUT2D eigenvalue weighted by Gasteiger charge is 2.35. The van der Waals surface area contributed by atoms with Crippen LogP contribution in [0.15, 0.2) is 29.1 Å². The molecule has 0 aliphatic carbocycles. The van der Waals surface area contributed by atoms with Crippen molar-refractivity contribution in [1.82, 2.24) is 24.3 Å². The van der Waals surface area contributed by atoms with Crippen LogP contribution in [0.2, 0.25) is 0 Å². The van der Waals surface area contributed by atoms with Crippen LogP contribution >= 0.6 is 0 Å². The summed E-state index contributed by atoms with van der Waals surface area (Å²) in [6.07, 6.45) is 2.43. The number of fused-ring (bicyclic) bond motifs is 2. The Kier molecular flexibility index (Phi) is 5.16. The standard InChI is InChI=1S/C25H31N5O2/c1-15(2)29-11-9-18-19(14-29)26-23(27-24(18)31)21-6-5-10-30(21)25(32)22-13-17-12-16(3)7-8-20(17)28(22)4/h7-8,12-13,15,21H,5-6,9-11,14H2,1-4H3,(H,26,27,31)/t21-/m0/s1. The smallest absolute Gasteiger partial charge is 0.271 e. The summed E-state index contributed by atoms with van der Waals surface area (Å²) < 4.78 is 1.97. The molecule has 168 valence electrons. The molecule has 0 radical (unpaired) electrons. The summed E-state index contributed by atoms with van der Waals surface area (Å²) in [7, 11) is 1.94. The minimum Gasteiger partial charge on any atom is -0.340 e. The van der Waals surface area contributed by atoms with Crippen LogP contribution in [-0.4, -0.2) is 49.4 Å². The van der Waals surface area contributed by atoms with Crippen LogP contribution < -0.4 is 5.56 Å². The second-order valence-electron chi connectivity index (χ2n) is 9.50. The molecule has 1 N–H and O–H groups in total. The van der Waals surface area contributed by atoms with E-state index in [1.54, 1.807) is 0 Å². The van der Waals surface area contributed by atoms with E-state index in [9.17, 15) is 9.59 Å². The molecule has 2 aromatic heterocycles. The summed E-state index contributed by atoms with van der Waals surface area (Å²) >= 11 is 0. The molecule has 1 aromatic carbocycles. The third-order valence-electron chi connectivity index (χ3n) is 7.10. The number of hydrogen-bond donors (Lipinski definition) is 1. The van der Waals surface area contributed by atoms with E-state index in [0.29, 0.717) is 30.6 Å². The molecule has 1 atom stereocenters. The Morgan fingerprint density at radius 2 is 2.03 bits per heavy atom. The number of aromatic amines is 1. The number of carbonyl (C=O) groups excluding carboxylic acids is 1. The first-order valence-corrected chi connectivity index (χ1v) is 11.6. The van der Waals surface area contributed by atoms with Crippen molar-refractivity contribution in [3.8, 4) is 0 Å². The molecular formula is C25H31N5O2. The molecule has 7 nitrogen and oxygen atoms in total. The van der Waals surface area contributed by atoms with E-state index in [0.717, 1.165) is 48.0 Å². The highest BCUT2D eigenvalue weighted by molar-refractivity contribution is 5.99. The van der Waals surface area contributed by atoms with Crippen LogP contribution in [0, 0.1) is 6.92 Å². The zero-order valence-electron chi connectivity index (χ0n) is 19.3. The van der Waals surface area contributed by atoms with Crippen LogP contribution in [-0.2, 0) is 20.0 Å². The van der Waals surface area contributed by atoms with Gasteiger partial charge in [-0.2, -0.15) is 0 Å². The minimum atomic E-state index is -0.199. The van der Waals surface area contributed by atoms with Gasteiger partial charge in [0.2, 0.25) is 0 Å². The molecule has 0 bridgehead atoms. The lowest BCUT2D eigenvalue weighted by molar-refractivity contribution is 0.0720. The maximum Gasteiger partial charge on any atom is 0.271 e. The molecule has 7 heteroatoms. The SMILES string of the molecule is Cc1ccc2c(c1)cc(C(=O)N1CCC[C@H]1c1nc3c(c(=O)[nH]1)CCN(C(C)C)C3)n2C. The van der Waals surface area contributed by atoms with Crippen molar-refractivity contribution < 1.29 is 4.79 Å². The van der Waals surface area contributed by atoms with Crippen LogP contribution in [0.5, 0.6) is 0 Å². The van der Waals surface area contributed by atoms with Gasteiger partial charge in [-0.15, -0.1) is 0 Å². The lowest BCUT2D eigenvalue weighted by Crippen LogP contribution is -2.40. The summed E-state index contributed by atoms with van der Waals surface area (Å²) in [6, 6.07) is 8.42. The Morgan fingerprint density at radius 3 is 2.81 bits per heavy atom. The molecule has 32 heavy (non-hydrogen) atoms. The normalized spacial score (nSPS) is 19.2. The number of aromatic nitrogens is 3. The average Bonchev–Trinajstić information content (AvgIpc) is 3.37. The van der Waals surface area contributed by atoms with Gasteiger partial charge in [-0.1, -0.05) is 11.6 Å². The number of nitrogens with zero attached hydrogens (tertiary/aromatic N) is 4. The largest absolute Gasteiger partial charge is 0.340 e. The number of rotatable bonds is 3. The van der Waals surface area contributed by atoms with Crippen LogP contribution in [0.3, 0.4) is 0 Å². The molecule has 0 unspecified atom stereocenters. The highest BCUT2D eigenvalue weighted by atomic mass is 16.2. The molecule has 1 saturated heterocycles. The second kappa shape index (κ2) is 7.89. The Balaban J connectivity index is 1.49. The quantitative estimate of drug-likeness (QED) is 0.688. The van der Waals surface area contributed by atoms with Crippen LogP contribution in [0.4, 0.5) is 0 Å². The first-order valence-electron chi connectivity index (χ1n) is 11.6. The average molecular weight is 434 g/mol. The molecule has 5 rings (SSSR count). The summed E-state index contributed by atoms with van der Waals surface area (Å²) in [6.45, 7) is 8.63. The topological polar surface area (TPSA) is 74.2 Å². The first kappa shape index (κ1) is 20.9. The Bertz CT molecular complexity index is 1260.